The molecule has 0 amide bonds. The predicted octanol–water partition coefficient (Wildman–Crippen LogP) is 3.54. The third-order valence-corrected chi connectivity index (χ3v) is 4.40. The highest BCUT2D eigenvalue weighted by atomic mass is 32.1. The Kier molecular flexibility index (Phi) is 3.85. The second-order valence-electron chi connectivity index (χ2n) is 5.33. The average molecular weight is 272 g/mol. The Labute approximate surface area is 118 Å². The second kappa shape index (κ2) is 5.76. The molecule has 2 nitrogen and oxygen atoms in total. The number of benzene rings is 1. The van der Waals surface area contributed by atoms with Crippen LogP contribution in [0.4, 0.5) is 5.69 Å². The smallest absolute Gasteiger partial charge is 0.0316 e. The summed E-state index contributed by atoms with van der Waals surface area (Å²) in [5.74, 6) is 0. The van der Waals surface area contributed by atoms with Gasteiger partial charge in [0.25, 0.3) is 0 Å². The van der Waals surface area contributed by atoms with Crippen molar-refractivity contribution < 1.29 is 0 Å². The van der Waals surface area contributed by atoms with Crippen molar-refractivity contribution in [1.29, 1.82) is 0 Å². The number of anilines is 1. The first-order valence-corrected chi connectivity index (χ1v) is 7.85. The molecule has 0 bridgehead atoms. The summed E-state index contributed by atoms with van der Waals surface area (Å²) >= 11 is 1.79. The SMILES string of the molecule is Nc1cccc(CCN(Cc2ccsc2)C2CC2)c1. The van der Waals surface area contributed by atoms with Crippen molar-refractivity contribution in [3.63, 3.8) is 0 Å². The Morgan fingerprint density at radius 1 is 1.21 bits per heavy atom. The third-order valence-electron chi connectivity index (χ3n) is 3.67. The maximum atomic E-state index is 5.83. The van der Waals surface area contributed by atoms with Crippen LogP contribution in [0.25, 0.3) is 0 Å². The number of nitrogen functional groups attached to an aromatic ring is 1. The van der Waals surface area contributed by atoms with Crippen molar-refractivity contribution in [2.24, 2.45) is 0 Å². The van der Waals surface area contributed by atoms with E-state index in [9.17, 15) is 0 Å². The molecule has 2 N–H and O–H groups in total. The monoisotopic (exact) mass is 272 g/mol. The van der Waals surface area contributed by atoms with E-state index in [1.54, 1.807) is 11.3 Å². The number of hydrogen-bond acceptors (Lipinski definition) is 3. The van der Waals surface area contributed by atoms with Crippen LogP contribution >= 0.6 is 11.3 Å². The predicted molar refractivity (Wildman–Crippen MR) is 82.3 cm³/mol. The second-order valence-corrected chi connectivity index (χ2v) is 6.11. The van der Waals surface area contributed by atoms with Gasteiger partial charge in [-0.3, -0.25) is 4.90 Å². The molecular weight excluding hydrogens is 252 g/mol. The molecule has 1 aromatic carbocycles. The van der Waals surface area contributed by atoms with Gasteiger partial charge in [-0.1, -0.05) is 12.1 Å². The normalized spacial score (nSPS) is 15.0. The fraction of sp³-hybridized carbons (Fsp3) is 0.375. The van der Waals surface area contributed by atoms with Gasteiger partial charge in [-0.15, -0.1) is 0 Å². The molecule has 1 heterocycles. The molecule has 1 saturated carbocycles. The molecule has 0 spiro atoms. The molecule has 0 radical (unpaired) electrons. The van der Waals surface area contributed by atoms with E-state index in [1.807, 2.05) is 12.1 Å². The number of nitrogens with two attached hydrogens (primary N) is 1. The van der Waals surface area contributed by atoms with Gasteiger partial charge in [-0.25, -0.2) is 0 Å². The van der Waals surface area contributed by atoms with E-state index in [0.717, 1.165) is 31.2 Å². The first-order chi connectivity index (χ1) is 9.31. The molecule has 2 aromatic rings. The molecule has 1 aliphatic carbocycles. The van der Waals surface area contributed by atoms with Gasteiger partial charge in [0.15, 0.2) is 0 Å². The standard InChI is InChI=1S/C16H20N2S/c17-15-3-1-2-13(10-15)6-8-18(16-4-5-16)11-14-7-9-19-12-14/h1-3,7,9-10,12,16H,4-6,8,11,17H2. The van der Waals surface area contributed by atoms with Crippen LogP contribution in [-0.4, -0.2) is 17.5 Å². The molecule has 1 fully saturated rings. The zero-order chi connectivity index (χ0) is 13.1. The van der Waals surface area contributed by atoms with Gasteiger partial charge >= 0.3 is 0 Å². The lowest BCUT2D eigenvalue weighted by Gasteiger charge is -2.21. The maximum Gasteiger partial charge on any atom is 0.0316 e. The minimum Gasteiger partial charge on any atom is -0.399 e. The van der Waals surface area contributed by atoms with Gasteiger partial charge in [0.2, 0.25) is 0 Å². The van der Waals surface area contributed by atoms with Crippen LogP contribution in [0.3, 0.4) is 0 Å². The van der Waals surface area contributed by atoms with E-state index in [4.69, 9.17) is 5.73 Å². The van der Waals surface area contributed by atoms with Crippen molar-refractivity contribution in [3.05, 3.63) is 52.2 Å². The van der Waals surface area contributed by atoms with Crippen molar-refractivity contribution in [2.75, 3.05) is 12.3 Å². The van der Waals surface area contributed by atoms with Gasteiger partial charge in [0, 0.05) is 24.8 Å². The highest BCUT2D eigenvalue weighted by Crippen LogP contribution is 2.28. The Morgan fingerprint density at radius 2 is 2.11 bits per heavy atom. The molecule has 100 valence electrons. The molecule has 3 rings (SSSR count). The fourth-order valence-corrected chi connectivity index (χ4v) is 3.13. The zero-order valence-electron chi connectivity index (χ0n) is 11.1. The summed E-state index contributed by atoms with van der Waals surface area (Å²) in [5.41, 5.74) is 9.50. The van der Waals surface area contributed by atoms with Crippen molar-refractivity contribution in [2.45, 2.75) is 31.8 Å². The summed E-state index contributed by atoms with van der Waals surface area (Å²) < 4.78 is 0. The van der Waals surface area contributed by atoms with Gasteiger partial charge in [-0.2, -0.15) is 11.3 Å². The fourth-order valence-electron chi connectivity index (χ4n) is 2.47. The van der Waals surface area contributed by atoms with Gasteiger partial charge in [0.1, 0.15) is 0 Å². The summed E-state index contributed by atoms with van der Waals surface area (Å²) in [7, 11) is 0. The highest BCUT2D eigenvalue weighted by Gasteiger charge is 2.28. The first kappa shape index (κ1) is 12.7. The van der Waals surface area contributed by atoms with Gasteiger partial charge in [0.05, 0.1) is 0 Å². The van der Waals surface area contributed by atoms with E-state index in [2.05, 4.69) is 33.9 Å². The van der Waals surface area contributed by atoms with E-state index in [0.29, 0.717) is 0 Å². The number of nitrogens with zero attached hydrogens (tertiary/aromatic N) is 1. The summed E-state index contributed by atoms with van der Waals surface area (Å²) in [6.45, 7) is 2.22. The molecule has 0 atom stereocenters. The largest absolute Gasteiger partial charge is 0.399 e. The van der Waals surface area contributed by atoms with Crippen LogP contribution in [0.5, 0.6) is 0 Å². The van der Waals surface area contributed by atoms with Crippen LogP contribution < -0.4 is 5.73 Å². The summed E-state index contributed by atoms with van der Waals surface area (Å²) in [6.07, 6.45) is 3.81. The molecule has 0 aliphatic heterocycles. The molecule has 1 aromatic heterocycles. The van der Waals surface area contributed by atoms with Crippen LogP contribution in [-0.2, 0) is 13.0 Å². The Balaban J connectivity index is 1.59. The lowest BCUT2D eigenvalue weighted by molar-refractivity contribution is 0.258. The Hall–Kier alpha value is -1.32. The van der Waals surface area contributed by atoms with E-state index >= 15 is 0 Å². The van der Waals surface area contributed by atoms with Crippen molar-refractivity contribution in [1.82, 2.24) is 4.90 Å². The number of hydrogen-bond donors (Lipinski definition) is 1. The maximum absolute atomic E-state index is 5.83. The topological polar surface area (TPSA) is 29.3 Å². The van der Waals surface area contributed by atoms with E-state index < -0.39 is 0 Å². The highest BCUT2D eigenvalue weighted by molar-refractivity contribution is 7.07. The summed E-state index contributed by atoms with van der Waals surface area (Å²) in [6, 6.07) is 11.3. The van der Waals surface area contributed by atoms with Gasteiger partial charge < -0.3 is 5.73 Å². The number of rotatable bonds is 6. The lowest BCUT2D eigenvalue weighted by atomic mass is 10.1. The minimum absolute atomic E-state index is 0.806. The zero-order valence-corrected chi connectivity index (χ0v) is 11.9. The molecule has 0 unspecified atom stereocenters. The van der Waals surface area contributed by atoms with Crippen LogP contribution in [0.15, 0.2) is 41.1 Å². The van der Waals surface area contributed by atoms with E-state index in [1.165, 1.54) is 24.0 Å². The van der Waals surface area contributed by atoms with Crippen LogP contribution in [0.2, 0.25) is 0 Å². The van der Waals surface area contributed by atoms with Crippen LogP contribution in [0, 0.1) is 0 Å². The summed E-state index contributed by atoms with van der Waals surface area (Å²) in [5, 5.41) is 4.42. The van der Waals surface area contributed by atoms with Crippen LogP contribution in [0.1, 0.15) is 24.0 Å². The average Bonchev–Trinajstić information content (AvgIpc) is 3.12. The Bertz CT molecular complexity index is 517. The first-order valence-electron chi connectivity index (χ1n) is 6.91. The molecule has 0 saturated heterocycles. The molecule has 3 heteroatoms. The minimum atomic E-state index is 0.806. The molecule has 19 heavy (non-hydrogen) atoms. The van der Waals surface area contributed by atoms with E-state index in [-0.39, 0.29) is 0 Å². The van der Waals surface area contributed by atoms with Crippen molar-refractivity contribution in [3.8, 4) is 0 Å². The number of thiophene rings is 1. The van der Waals surface area contributed by atoms with Crippen molar-refractivity contribution >= 4 is 17.0 Å². The third kappa shape index (κ3) is 3.58. The quantitative estimate of drug-likeness (QED) is 0.815. The lowest BCUT2D eigenvalue weighted by Crippen LogP contribution is -2.27. The molecule has 1 aliphatic rings. The van der Waals surface area contributed by atoms with Gasteiger partial charge in [-0.05, 0) is 59.3 Å². The molecular formula is C16H20N2S. The Morgan fingerprint density at radius 3 is 2.79 bits per heavy atom. The summed E-state index contributed by atoms with van der Waals surface area (Å²) in [4.78, 5) is 2.62.